The molecule has 0 aromatic carbocycles. The zero-order chi connectivity index (χ0) is 17.8. The number of aliphatic hydroxyl groups is 2. The fourth-order valence-electron chi connectivity index (χ4n) is 1.18. The van der Waals surface area contributed by atoms with Crippen LogP contribution in [0.4, 0.5) is 9.59 Å². The first-order valence-electron chi connectivity index (χ1n) is 7.31. The average molecular weight is 338 g/mol. The molecule has 4 atom stereocenters. The first kappa shape index (κ1) is 21.4. The topological polar surface area (TPSA) is 121 Å². The summed E-state index contributed by atoms with van der Waals surface area (Å²) in [7, 11) is 0. The standard InChI is InChI=1S/C14H26O9/c1-9(15)5-20-13(17)22-7-11(3)19-8-12(4)23-14(18)21-6-10(2)16/h9-12,15-16H,5-8H2,1-4H3. The van der Waals surface area contributed by atoms with Crippen molar-refractivity contribution in [2.75, 3.05) is 26.4 Å². The molecule has 0 heterocycles. The molecule has 0 aromatic heterocycles. The molecule has 0 spiro atoms. The van der Waals surface area contributed by atoms with Gasteiger partial charge >= 0.3 is 12.3 Å². The fraction of sp³-hybridized carbons (Fsp3) is 0.857. The predicted octanol–water partition coefficient (Wildman–Crippen LogP) is 0.848. The zero-order valence-corrected chi connectivity index (χ0v) is 13.9. The van der Waals surface area contributed by atoms with Gasteiger partial charge in [0.1, 0.15) is 25.9 Å². The van der Waals surface area contributed by atoms with Gasteiger partial charge in [0.15, 0.2) is 0 Å². The van der Waals surface area contributed by atoms with Crippen molar-refractivity contribution >= 4 is 12.3 Å². The van der Waals surface area contributed by atoms with E-state index in [9.17, 15) is 9.59 Å². The van der Waals surface area contributed by atoms with Gasteiger partial charge in [0.2, 0.25) is 0 Å². The van der Waals surface area contributed by atoms with Crippen LogP contribution in [0.2, 0.25) is 0 Å². The summed E-state index contributed by atoms with van der Waals surface area (Å²) in [5.74, 6) is 0. The van der Waals surface area contributed by atoms with Gasteiger partial charge in [-0.05, 0) is 27.7 Å². The van der Waals surface area contributed by atoms with Crippen molar-refractivity contribution in [2.24, 2.45) is 0 Å². The largest absolute Gasteiger partial charge is 0.508 e. The van der Waals surface area contributed by atoms with Crippen molar-refractivity contribution in [1.29, 1.82) is 0 Å². The lowest BCUT2D eigenvalue weighted by molar-refractivity contribution is -0.0546. The van der Waals surface area contributed by atoms with E-state index in [4.69, 9.17) is 24.4 Å². The van der Waals surface area contributed by atoms with Gasteiger partial charge in [-0.3, -0.25) is 0 Å². The van der Waals surface area contributed by atoms with Gasteiger partial charge in [0.25, 0.3) is 0 Å². The molecule has 0 saturated heterocycles. The summed E-state index contributed by atoms with van der Waals surface area (Å²) in [5.41, 5.74) is 0. The molecule has 9 heteroatoms. The first-order valence-corrected chi connectivity index (χ1v) is 7.31. The van der Waals surface area contributed by atoms with Crippen molar-refractivity contribution in [3.8, 4) is 0 Å². The Kier molecular flexibility index (Phi) is 11.1. The molecule has 0 amide bonds. The molecular formula is C14H26O9. The van der Waals surface area contributed by atoms with Crippen LogP contribution < -0.4 is 0 Å². The second-order valence-corrected chi connectivity index (χ2v) is 5.20. The molecule has 4 unspecified atom stereocenters. The monoisotopic (exact) mass is 338 g/mol. The highest BCUT2D eigenvalue weighted by Crippen LogP contribution is 2.01. The minimum Gasteiger partial charge on any atom is -0.432 e. The first-order chi connectivity index (χ1) is 10.7. The molecule has 9 nitrogen and oxygen atoms in total. The van der Waals surface area contributed by atoms with Crippen LogP contribution in [0, 0.1) is 0 Å². The summed E-state index contributed by atoms with van der Waals surface area (Å²) in [6.45, 7) is 5.97. The van der Waals surface area contributed by atoms with Gasteiger partial charge in [-0.25, -0.2) is 9.59 Å². The van der Waals surface area contributed by atoms with Crippen LogP contribution in [-0.4, -0.2) is 73.4 Å². The molecule has 0 fully saturated rings. The molecule has 0 radical (unpaired) electrons. The van der Waals surface area contributed by atoms with E-state index in [1.807, 2.05) is 0 Å². The molecule has 0 aliphatic rings. The summed E-state index contributed by atoms with van der Waals surface area (Å²) in [4.78, 5) is 22.4. The molecule has 0 aliphatic carbocycles. The Labute approximate surface area is 135 Å². The van der Waals surface area contributed by atoms with Gasteiger partial charge < -0.3 is 33.9 Å². The SMILES string of the molecule is CC(O)COC(=O)OCC(C)OCC(C)OC(=O)OCC(C)O. The van der Waals surface area contributed by atoms with E-state index >= 15 is 0 Å². The van der Waals surface area contributed by atoms with Crippen molar-refractivity contribution in [3.63, 3.8) is 0 Å². The van der Waals surface area contributed by atoms with E-state index in [0.717, 1.165) is 0 Å². The number of carbonyl (C=O) groups excluding carboxylic acids is 2. The predicted molar refractivity (Wildman–Crippen MR) is 78.0 cm³/mol. The van der Waals surface area contributed by atoms with E-state index in [1.165, 1.54) is 13.8 Å². The van der Waals surface area contributed by atoms with Crippen LogP contribution in [0.15, 0.2) is 0 Å². The normalized spacial score (nSPS) is 15.9. The van der Waals surface area contributed by atoms with Crippen LogP contribution in [0.3, 0.4) is 0 Å². The van der Waals surface area contributed by atoms with E-state index < -0.39 is 36.7 Å². The maximum Gasteiger partial charge on any atom is 0.508 e. The highest BCUT2D eigenvalue weighted by Gasteiger charge is 2.15. The van der Waals surface area contributed by atoms with Gasteiger partial charge in [-0.15, -0.1) is 0 Å². The Balaban J connectivity index is 3.76. The maximum atomic E-state index is 11.2. The van der Waals surface area contributed by atoms with Gasteiger partial charge in [0.05, 0.1) is 24.9 Å². The van der Waals surface area contributed by atoms with E-state index in [2.05, 4.69) is 9.47 Å². The van der Waals surface area contributed by atoms with Crippen LogP contribution >= 0.6 is 0 Å². The molecule has 136 valence electrons. The smallest absolute Gasteiger partial charge is 0.432 e. The quantitative estimate of drug-likeness (QED) is 0.558. The minimum absolute atomic E-state index is 0.0438. The van der Waals surface area contributed by atoms with Crippen LogP contribution in [0.5, 0.6) is 0 Å². The highest BCUT2D eigenvalue weighted by atomic mass is 16.7. The zero-order valence-electron chi connectivity index (χ0n) is 13.9. The van der Waals surface area contributed by atoms with Crippen LogP contribution in [0.1, 0.15) is 27.7 Å². The van der Waals surface area contributed by atoms with E-state index in [1.54, 1.807) is 13.8 Å². The second-order valence-electron chi connectivity index (χ2n) is 5.20. The highest BCUT2D eigenvalue weighted by molar-refractivity contribution is 5.60. The molecule has 0 aromatic rings. The van der Waals surface area contributed by atoms with Gasteiger partial charge in [-0.1, -0.05) is 0 Å². The van der Waals surface area contributed by atoms with Crippen LogP contribution in [0.25, 0.3) is 0 Å². The summed E-state index contributed by atoms with van der Waals surface area (Å²) >= 11 is 0. The second kappa shape index (κ2) is 11.9. The summed E-state index contributed by atoms with van der Waals surface area (Å²) in [6.07, 6.45) is -4.32. The number of hydrogen-bond acceptors (Lipinski definition) is 9. The minimum atomic E-state index is -0.896. The van der Waals surface area contributed by atoms with Crippen molar-refractivity contribution in [2.45, 2.75) is 52.1 Å². The number of rotatable bonds is 10. The van der Waals surface area contributed by atoms with Crippen molar-refractivity contribution < 1.29 is 43.5 Å². The number of aliphatic hydroxyl groups excluding tert-OH is 2. The molecule has 2 N–H and O–H groups in total. The summed E-state index contributed by atoms with van der Waals surface area (Å²) in [6, 6.07) is 0. The molecule has 0 saturated carbocycles. The Morgan fingerprint density at radius 2 is 1.22 bits per heavy atom. The Bertz CT molecular complexity index is 343. The fourth-order valence-corrected chi connectivity index (χ4v) is 1.18. The average Bonchev–Trinajstić information content (AvgIpc) is 2.46. The third-order valence-corrected chi connectivity index (χ3v) is 2.23. The third kappa shape index (κ3) is 13.8. The molecule has 0 bridgehead atoms. The van der Waals surface area contributed by atoms with E-state index in [-0.39, 0.29) is 26.4 Å². The van der Waals surface area contributed by atoms with Gasteiger partial charge in [-0.2, -0.15) is 0 Å². The third-order valence-electron chi connectivity index (χ3n) is 2.23. The lowest BCUT2D eigenvalue weighted by Crippen LogP contribution is -2.27. The Morgan fingerprint density at radius 1 is 0.739 bits per heavy atom. The number of ether oxygens (including phenoxy) is 5. The van der Waals surface area contributed by atoms with Crippen LogP contribution in [-0.2, 0) is 23.7 Å². The van der Waals surface area contributed by atoms with Crippen molar-refractivity contribution in [3.05, 3.63) is 0 Å². The Morgan fingerprint density at radius 3 is 1.74 bits per heavy atom. The number of carbonyl (C=O) groups is 2. The lowest BCUT2D eigenvalue weighted by atomic mass is 10.4. The van der Waals surface area contributed by atoms with E-state index in [0.29, 0.717) is 0 Å². The molecular weight excluding hydrogens is 312 g/mol. The number of hydrogen-bond donors (Lipinski definition) is 2. The summed E-state index contributed by atoms with van der Waals surface area (Å²) in [5, 5.41) is 17.9. The summed E-state index contributed by atoms with van der Waals surface area (Å²) < 4.78 is 24.2. The Hall–Kier alpha value is -1.58. The molecule has 23 heavy (non-hydrogen) atoms. The maximum absolute atomic E-state index is 11.2. The lowest BCUT2D eigenvalue weighted by Gasteiger charge is -2.17. The van der Waals surface area contributed by atoms with Gasteiger partial charge in [0, 0.05) is 0 Å². The van der Waals surface area contributed by atoms with Crippen molar-refractivity contribution in [1.82, 2.24) is 0 Å². The molecule has 0 aliphatic heterocycles. The molecule has 0 rings (SSSR count).